The van der Waals surface area contributed by atoms with Crippen LogP contribution in [0.5, 0.6) is 0 Å². The number of hydrogen-bond donors (Lipinski definition) is 1. The molecule has 0 atom stereocenters. The summed E-state index contributed by atoms with van der Waals surface area (Å²) in [6.07, 6.45) is 0. The van der Waals surface area contributed by atoms with Crippen molar-refractivity contribution in [3.8, 4) is 0 Å². The first-order valence-electron chi connectivity index (χ1n) is 7.67. The average Bonchev–Trinajstić information content (AvgIpc) is 3.03. The number of nitrogens with zero attached hydrogens (tertiary/aromatic N) is 1. The van der Waals surface area contributed by atoms with Crippen molar-refractivity contribution in [1.82, 2.24) is 4.98 Å². The maximum Gasteiger partial charge on any atom is 0.186 e. The number of nitrogens with one attached hydrogen (secondary N) is 1. The topological polar surface area (TPSA) is 24.9 Å². The summed E-state index contributed by atoms with van der Waals surface area (Å²) in [7, 11) is -0.652. The summed E-state index contributed by atoms with van der Waals surface area (Å²) in [5.41, 5.74) is 1.22. The lowest BCUT2D eigenvalue weighted by Gasteiger charge is -2.19. The van der Waals surface area contributed by atoms with Crippen LogP contribution in [0, 0.1) is 0 Å². The second-order valence-corrected chi connectivity index (χ2v) is 9.19. The quantitative estimate of drug-likeness (QED) is 0.683. The second kappa shape index (κ2) is 6.82. The molecule has 2 aromatic carbocycles. The molecule has 1 N–H and O–H groups in total. The van der Waals surface area contributed by atoms with Crippen LogP contribution in [0.1, 0.15) is 26.5 Å². The van der Waals surface area contributed by atoms with Crippen molar-refractivity contribution in [1.29, 1.82) is 0 Å². The lowest BCUT2D eigenvalue weighted by molar-refractivity contribution is 0.574. The standard InChI is InChI=1S/C19H21N2PS/c1-19(2,3)17-14-23-18(20-17)21-22(15-10-6-4-7-11-15)16-12-8-5-9-13-16/h4-14H,1-3H3,(H,20,21). The number of rotatable bonds is 4. The Hall–Kier alpha value is -1.70. The van der Waals surface area contributed by atoms with Gasteiger partial charge in [0.15, 0.2) is 5.13 Å². The highest BCUT2D eigenvalue weighted by molar-refractivity contribution is 7.74. The van der Waals surface area contributed by atoms with E-state index in [1.807, 2.05) is 0 Å². The largest absolute Gasteiger partial charge is 0.333 e. The second-order valence-electron chi connectivity index (χ2n) is 6.41. The Morgan fingerprint density at radius 3 is 1.83 bits per heavy atom. The van der Waals surface area contributed by atoms with E-state index < -0.39 is 8.07 Å². The molecule has 0 aliphatic rings. The maximum atomic E-state index is 4.80. The van der Waals surface area contributed by atoms with E-state index in [1.54, 1.807) is 11.3 Å². The van der Waals surface area contributed by atoms with Crippen molar-refractivity contribution in [2.24, 2.45) is 0 Å². The van der Waals surface area contributed by atoms with E-state index in [2.05, 4.69) is 91.9 Å². The third kappa shape index (κ3) is 3.99. The average molecular weight is 340 g/mol. The zero-order chi connectivity index (χ0) is 16.3. The van der Waals surface area contributed by atoms with Gasteiger partial charge in [0.25, 0.3) is 0 Å². The van der Waals surface area contributed by atoms with Crippen LogP contribution in [0.15, 0.2) is 66.0 Å². The van der Waals surface area contributed by atoms with Gasteiger partial charge in [0.05, 0.1) is 13.8 Å². The Bertz CT molecular complexity index is 708. The Kier molecular flexibility index (Phi) is 4.79. The summed E-state index contributed by atoms with van der Waals surface area (Å²) >= 11 is 1.69. The summed E-state index contributed by atoms with van der Waals surface area (Å²) in [6.45, 7) is 6.59. The molecule has 118 valence electrons. The van der Waals surface area contributed by atoms with Gasteiger partial charge in [-0.15, -0.1) is 11.3 Å². The molecular weight excluding hydrogens is 319 g/mol. The molecule has 4 heteroatoms. The van der Waals surface area contributed by atoms with Gasteiger partial charge in [-0.3, -0.25) is 0 Å². The Morgan fingerprint density at radius 2 is 1.39 bits per heavy atom. The summed E-state index contributed by atoms with van der Waals surface area (Å²) in [5, 5.41) is 9.44. The van der Waals surface area contributed by atoms with Crippen LogP contribution in [0.25, 0.3) is 0 Å². The van der Waals surface area contributed by atoms with Crippen molar-refractivity contribution in [3.63, 3.8) is 0 Å². The minimum absolute atomic E-state index is 0.0820. The molecule has 0 amide bonds. The number of aromatic nitrogens is 1. The van der Waals surface area contributed by atoms with Crippen molar-refractivity contribution in [3.05, 3.63) is 71.7 Å². The van der Waals surface area contributed by atoms with Gasteiger partial charge in [-0.1, -0.05) is 81.4 Å². The van der Waals surface area contributed by atoms with Gasteiger partial charge in [0, 0.05) is 21.4 Å². The van der Waals surface area contributed by atoms with Crippen molar-refractivity contribution < 1.29 is 0 Å². The van der Waals surface area contributed by atoms with Crippen LogP contribution in [0.2, 0.25) is 0 Å². The SMILES string of the molecule is CC(C)(C)c1csc(NP(c2ccccc2)c2ccccc2)n1. The molecule has 0 unspecified atom stereocenters. The summed E-state index contributed by atoms with van der Waals surface area (Å²) in [5.74, 6) is 0. The molecule has 0 aliphatic carbocycles. The van der Waals surface area contributed by atoms with Gasteiger partial charge in [-0.2, -0.15) is 0 Å². The summed E-state index contributed by atoms with van der Waals surface area (Å²) < 4.78 is 0. The van der Waals surface area contributed by atoms with E-state index >= 15 is 0 Å². The first-order valence-corrected chi connectivity index (χ1v) is 9.89. The fourth-order valence-electron chi connectivity index (χ4n) is 2.20. The lowest BCUT2D eigenvalue weighted by Crippen LogP contribution is -2.17. The zero-order valence-corrected chi connectivity index (χ0v) is 15.4. The van der Waals surface area contributed by atoms with Gasteiger partial charge in [0.1, 0.15) is 0 Å². The summed E-state index contributed by atoms with van der Waals surface area (Å²) in [6, 6.07) is 21.2. The molecule has 0 saturated heterocycles. The molecule has 3 rings (SSSR count). The number of benzene rings is 2. The van der Waals surface area contributed by atoms with Crippen LogP contribution >= 0.6 is 19.4 Å². The van der Waals surface area contributed by atoms with Crippen LogP contribution in [-0.2, 0) is 5.41 Å². The normalized spacial score (nSPS) is 11.7. The Morgan fingerprint density at radius 1 is 0.870 bits per heavy atom. The van der Waals surface area contributed by atoms with Crippen LogP contribution in [0.3, 0.4) is 0 Å². The van der Waals surface area contributed by atoms with E-state index in [9.17, 15) is 0 Å². The highest BCUT2D eigenvalue weighted by Gasteiger charge is 2.20. The number of anilines is 1. The van der Waals surface area contributed by atoms with E-state index in [-0.39, 0.29) is 5.41 Å². The van der Waals surface area contributed by atoms with Crippen LogP contribution in [-0.4, -0.2) is 4.98 Å². The van der Waals surface area contributed by atoms with Crippen LogP contribution < -0.4 is 15.7 Å². The molecule has 0 spiro atoms. The molecule has 0 saturated carbocycles. The summed E-state index contributed by atoms with van der Waals surface area (Å²) in [4.78, 5) is 4.80. The van der Waals surface area contributed by atoms with Crippen molar-refractivity contribution in [2.75, 3.05) is 5.09 Å². The van der Waals surface area contributed by atoms with Crippen molar-refractivity contribution in [2.45, 2.75) is 26.2 Å². The van der Waals surface area contributed by atoms with E-state index in [0.717, 1.165) is 10.8 Å². The fraction of sp³-hybridized carbons (Fsp3) is 0.211. The van der Waals surface area contributed by atoms with Gasteiger partial charge < -0.3 is 5.09 Å². The highest BCUT2D eigenvalue weighted by atomic mass is 32.1. The molecule has 3 aromatic rings. The van der Waals surface area contributed by atoms with Gasteiger partial charge in [-0.25, -0.2) is 4.98 Å². The maximum absolute atomic E-state index is 4.80. The number of thiazole rings is 1. The third-order valence-electron chi connectivity index (χ3n) is 3.51. The Labute approximate surface area is 143 Å². The van der Waals surface area contributed by atoms with Gasteiger partial charge in [-0.05, 0) is 0 Å². The van der Waals surface area contributed by atoms with Gasteiger partial charge >= 0.3 is 0 Å². The van der Waals surface area contributed by atoms with Gasteiger partial charge in [0.2, 0.25) is 0 Å². The molecule has 0 fully saturated rings. The molecule has 1 aromatic heterocycles. The number of hydrogen-bond acceptors (Lipinski definition) is 3. The van der Waals surface area contributed by atoms with Crippen molar-refractivity contribution >= 4 is 35.1 Å². The van der Waals surface area contributed by atoms with E-state index in [1.165, 1.54) is 10.6 Å². The van der Waals surface area contributed by atoms with Crippen LogP contribution in [0.4, 0.5) is 5.13 Å². The zero-order valence-electron chi connectivity index (χ0n) is 13.7. The Balaban J connectivity index is 1.92. The molecule has 2 nitrogen and oxygen atoms in total. The predicted molar refractivity (Wildman–Crippen MR) is 104 cm³/mol. The monoisotopic (exact) mass is 340 g/mol. The predicted octanol–water partition coefficient (Wildman–Crippen LogP) is 4.90. The fourth-order valence-corrected chi connectivity index (χ4v) is 5.20. The third-order valence-corrected chi connectivity index (χ3v) is 6.48. The smallest absolute Gasteiger partial charge is 0.186 e. The molecule has 1 heterocycles. The molecule has 0 radical (unpaired) electrons. The van der Waals surface area contributed by atoms with E-state index in [4.69, 9.17) is 4.98 Å². The highest BCUT2D eigenvalue weighted by Crippen LogP contribution is 2.37. The molecule has 23 heavy (non-hydrogen) atoms. The molecule has 0 aliphatic heterocycles. The van der Waals surface area contributed by atoms with E-state index in [0.29, 0.717) is 0 Å². The first kappa shape index (κ1) is 16.2. The minimum atomic E-state index is -0.652. The first-order chi connectivity index (χ1) is 11.0. The lowest BCUT2D eigenvalue weighted by atomic mass is 9.93. The molecule has 0 bridgehead atoms. The minimum Gasteiger partial charge on any atom is -0.333 e. The molecular formula is C19H21N2PS.